The standard InChI is InChI=1S/C23H30N6O8/c1-12(20(33)29-18(23(36)37)9-14-10-25-11-26-14)27-22(35)17(6-7-19(31)32)28-21(34)16(24)8-13-2-4-15(30)5-3-13/h2-5,10-12,16-18,30H,6-9,24H2,1H3,(H,25,26)(H,27,35)(H,28,34)(H,29,33)(H,31,32)(H,36,37). The van der Waals surface area contributed by atoms with Gasteiger partial charge in [0.2, 0.25) is 17.7 Å². The summed E-state index contributed by atoms with van der Waals surface area (Å²) in [7, 11) is 0. The van der Waals surface area contributed by atoms with Gasteiger partial charge in [-0.15, -0.1) is 0 Å². The molecule has 1 heterocycles. The zero-order valence-corrected chi connectivity index (χ0v) is 20.0. The maximum Gasteiger partial charge on any atom is 0.326 e. The second-order valence-corrected chi connectivity index (χ2v) is 8.38. The summed E-state index contributed by atoms with van der Waals surface area (Å²) in [5.74, 6) is -4.81. The van der Waals surface area contributed by atoms with E-state index in [0.717, 1.165) is 0 Å². The summed E-state index contributed by atoms with van der Waals surface area (Å²) in [6.07, 6.45) is 2.07. The second-order valence-electron chi connectivity index (χ2n) is 8.38. The molecule has 14 heteroatoms. The molecular formula is C23H30N6O8. The van der Waals surface area contributed by atoms with Gasteiger partial charge in [-0.1, -0.05) is 12.1 Å². The van der Waals surface area contributed by atoms with Crippen LogP contribution in [0, 0.1) is 0 Å². The van der Waals surface area contributed by atoms with Crippen molar-refractivity contribution in [3.63, 3.8) is 0 Å². The minimum Gasteiger partial charge on any atom is -0.508 e. The molecule has 200 valence electrons. The first-order valence-corrected chi connectivity index (χ1v) is 11.3. The molecule has 14 nitrogen and oxygen atoms in total. The fourth-order valence-electron chi connectivity index (χ4n) is 3.29. The van der Waals surface area contributed by atoms with Crippen molar-refractivity contribution in [2.75, 3.05) is 0 Å². The molecule has 4 unspecified atom stereocenters. The topological polar surface area (TPSA) is 237 Å². The van der Waals surface area contributed by atoms with Gasteiger partial charge >= 0.3 is 11.9 Å². The van der Waals surface area contributed by atoms with Crippen LogP contribution in [0.15, 0.2) is 36.8 Å². The molecule has 0 spiro atoms. The van der Waals surface area contributed by atoms with E-state index in [0.29, 0.717) is 11.3 Å². The van der Waals surface area contributed by atoms with Gasteiger partial charge in [-0.3, -0.25) is 19.2 Å². The summed E-state index contributed by atoms with van der Waals surface area (Å²) in [5.41, 5.74) is 7.06. The molecule has 3 amide bonds. The number of carboxylic acids is 2. The number of aromatic nitrogens is 2. The highest BCUT2D eigenvalue weighted by atomic mass is 16.4. The number of H-pyrrole nitrogens is 1. The number of aliphatic carboxylic acids is 2. The Morgan fingerprint density at radius 3 is 2.16 bits per heavy atom. The van der Waals surface area contributed by atoms with Gasteiger partial charge < -0.3 is 42.0 Å². The number of aromatic amines is 1. The van der Waals surface area contributed by atoms with Crippen molar-refractivity contribution in [3.05, 3.63) is 48.0 Å². The van der Waals surface area contributed by atoms with E-state index in [1.807, 2.05) is 0 Å². The SMILES string of the molecule is CC(NC(=O)C(CCC(=O)O)NC(=O)C(N)Cc1ccc(O)cc1)C(=O)NC(Cc1cnc[nH]1)C(=O)O. The van der Waals surface area contributed by atoms with E-state index in [2.05, 4.69) is 25.9 Å². The summed E-state index contributed by atoms with van der Waals surface area (Å²) in [5, 5.41) is 34.9. The number of nitrogens with zero attached hydrogens (tertiary/aromatic N) is 1. The molecule has 1 aromatic carbocycles. The summed E-state index contributed by atoms with van der Waals surface area (Å²) >= 11 is 0. The van der Waals surface area contributed by atoms with Crippen LogP contribution >= 0.6 is 0 Å². The maximum absolute atomic E-state index is 12.8. The van der Waals surface area contributed by atoms with E-state index in [1.54, 1.807) is 12.1 Å². The molecule has 0 saturated heterocycles. The van der Waals surface area contributed by atoms with E-state index in [4.69, 9.17) is 10.8 Å². The molecule has 2 rings (SSSR count). The van der Waals surface area contributed by atoms with Crippen molar-refractivity contribution in [1.82, 2.24) is 25.9 Å². The first kappa shape index (κ1) is 28.8. The highest BCUT2D eigenvalue weighted by molar-refractivity contribution is 5.94. The minimum atomic E-state index is -1.31. The van der Waals surface area contributed by atoms with Crippen LogP contribution in [0.25, 0.3) is 0 Å². The molecule has 37 heavy (non-hydrogen) atoms. The summed E-state index contributed by atoms with van der Waals surface area (Å²) in [6, 6.07) is 1.12. The molecule has 9 N–H and O–H groups in total. The Labute approximate surface area is 211 Å². The molecule has 0 aliphatic rings. The van der Waals surface area contributed by atoms with Crippen LogP contribution in [-0.4, -0.2) is 79.1 Å². The Balaban J connectivity index is 2.00. The van der Waals surface area contributed by atoms with Gasteiger partial charge in [-0.25, -0.2) is 9.78 Å². The molecule has 4 atom stereocenters. The zero-order chi connectivity index (χ0) is 27.5. The van der Waals surface area contributed by atoms with Crippen LogP contribution in [-0.2, 0) is 36.8 Å². The van der Waals surface area contributed by atoms with Gasteiger partial charge in [0.25, 0.3) is 0 Å². The molecule has 0 aliphatic heterocycles. The zero-order valence-electron chi connectivity index (χ0n) is 20.0. The number of hydrogen-bond donors (Lipinski definition) is 8. The monoisotopic (exact) mass is 518 g/mol. The number of nitrogens with two attached hydrogens (primary N) is 1. The number of aromatic hydroxyl groups is 1. The van der Waals surface area contributed by atoms with E-state index >= 15 is 0 Å². The number of phenols is 1. The number of nitrogens with one attached hydrogen (secondary N) is 4. The molecule has 0 saturated carbocycles. The summed E-state index contributed by atoms with van der Waals surface area (Å²) < 4.78 is 0. The molecule has 0 bridgehead atoms. The molecule has 1 aromatic heterocycles. The highest BCUT2D eigenvalue weighted by Crippen LogP contribution is 2.11. The largest absolute Gasteiger partial charge is 0.508 e. The van der Waals surface area contributed by atoms with E-state index in [1.165, 1.54) is 31.6 Å². The first-order chi connectivity index (χ1) is 17.5. The van der Waals surface area contributed by atoms with Gasteiger partial charge in [0, 0.05) is 24.7 Å². The van der Waals surface area contributed by atoms with E-state index < -0.39 is 60.2 Å². The lowest BCUT2D eigenvalue weighted by atomic mass is 10.0. The van der Waals surface area contributed by atoms with Crippen molar-refractivity contribution in [3.8, 4) is 5.75 Å². The number of carboxylic acid groups (broad SMARTS) is 2. The Morgan fingerprint density at radius 2 is 1.59 bits per heavy atom. The average Bonchev–Trinajstić information content (AvgIpc) is 3.35. The van der Waals surface area contributed by atoms with Crippen LogP contribution in [0.5, 0.6) is 5.75 Å². The van der Waals surface area contributed by atoms with Gasteiger partial charge in [0.15, 0.2) is 0 Å². The number of carbonyl (C=O) groups excluding carboxylic acids is 3. The molecule has 2 aromatic rings. The lowest BCUT2D eigenvalue weighted by Crippen LogP contribution is -2.56. The third-order valence-corrected chi connectivity index (χ3v) is 5.35. The van der Waals surface area contributed by atoms with Crippen molar-refractivity contribution >= 4 is 29.7 Å². The number of hydrogen-bond acceptors (Lipinski definition) is 8. The minimum absolute atomic E-state index is 0.0429. The Kier molecular flexibility index (Phi) is 10.6. The van der Waals surface area contributed by atoms with Crippen LogP contribution in [0.1, 0.15) is 31.0 Å². The van der Waals surface area contributed by atoms with Crippen molar-refractivity contribution < 1.29 is 39.3 Å². The van der Waals surface area contributed by atoms with Gasteiger partial charge in [-0.05, 0) is 37.5 Å². The van der Waals surface area contributed by atoms with Gasteiger partial charge in [0.05, 0.1) is 12.4 Å². The van der Waals surface area contributed by atoms with E-state index in [-0.39, 0.29) is 25.0 Å². The lowest BCUT2D eigenvalue weighted by Gasteiger charge is -2.23. The van der Waals surface area contributed by atoms with Crippen molar-refractivity contribution in [2.45, 2.75) is 56.8 Å². The highest BCUT2D eigenvalue weighted by Gasteiger charge is 2.29. The Morgan fingerprint density at radius 1 is 0.946 bits per heavy atom. The predicted molar refractivity (Wildman–Crippen MR) is 128 cm³/mol. The van der Waals surface area contributed by atoms with Crippen molar-refractivity contribution in [2.24, 2.45) is 5.73 Å². The van der Waals surface area contributed by atoms with Crippen LogP contribution in [0.3, 0.4) is 0 Å². The number of rotatable bonds is 14. The normalized spacial score (nSPS) is 14.0. The number of phenolic OH excluding ortho intramolecular Hbond substituents is 1. The fourth-order valence-corrected chi connectivity index (χ4v) is 3.29. The van der Waals surface area contributed by atoms with Gasteiger partial charge in [-0.2, -0.15) is 0 Å². The number of amides is 3. The quantitative estimate of drug-likeness (QED) is 0.146. The van der Waals surface area contributed by atoms with Crippen LogP contribution in [0.4, 0.5) is 0 Å². The van der Waals surface area contributed by atoms with Crippen molar-refractivity contribution in [1.29, 1.82) is 0 Å². The molecule has 0 aliphatic carbocycles. The maximum atomic E-state index is 12.8. The number of imidazole rings is 1. The molecule has 0 fully saturated rings. The fraction of sp³-hybridized carbons (Fsp3) is 0.391. The second kappa shape index (κ2) is 13.6. The Bertz CT molecular complexity index is 1090. The van der Waals surface area contributed by atoms with Crippen LogP contribution < -0.4 is 21.7 Å². The smallest absolute Gasteiger partial charge is 0.326 e. The van der Waals surface area contributed by atoms with Gasteiger partial charge in [0.1, 0.15) is 23.9 Å². The lowest BCUT2D eigenvalue weighted by molar-refractivity contribution is -0.142. The summed E-state index contributed by atoms with van der Waals surface area (Å²) in [6.45, 7) is 1.31. The summed E-state index contributed by atoms with van der Waals surface area (Å²) in [4.78, 5) is 67.0. The number of carbonyl (C=O) groups is 5. The molecular weight excluding hydrogens is 488 g/mol. The first-order valence-electron chi connectivity index (χ1n) is 11.3. The third-order valence-electron chi connectivity index (χ3n) is 5.35. The van der Waals surface area contributed by atoms with E-state index in [9.17, 15) is 34.2 Å². The molecule has 0 radical (unpaired) electrons. The Hall–Kier alpha value is -4.46. The predicted octanol–water partition coefficient (Wildman–Crippen LogP) is -1.35. The number of benzene rings is 1. The third kappa shape index (κ3) is 9.60. The average molecular weight is 519 g/mol. The van der Waals surface area contributed by atoms with Crippen LogP contribution in [0.2, 0.25) is 0 Å².